The monoisotopic (exact) mass is 125 g/mol. The molecule has 1 aliphatic carbocycles. The normalized spacial score (nSPS) is 18.3. The quantitative estimate of drug-likeness (QED) is 0.523. The summed E-state index contributed by atoms with van der Waals surface area (Å²) in [5, 5.41) is 0. The smallest absolute Gasteiger partial charge is 0.126 e. The summed E-state index contributed by atoms with van der Waals surface area (Å²) in [6.45, 7) is 0. The van der Waals surface area contributed by atoms with Crippen LogP contribution in [-0.4, -0.2) is 0 Å². The van der Waals surface area contributed by atoms with Crippen LogP contribution in [0.2, 0.25) is 0 Å². The van der Waals surface area contributed by atoms with Crippen LogP contribution in [-0.2, 0) is 0 Å². The van der Waals surface area contributed by atoms with E-state index in [1.54, 1.807) is 24.3 Å². The molecular formula is C7H8FN. The molecule has 0 aromatic heterocycles. The second kappa shape index (κ2) is 2.49. The fourth-order valence-corrected chi connectivity index (χ4v) is 0.618. The molecule has 0 saturated carbocycles. The Balaban J connectivity index is 2.85. The molecule has 0 fully saturated rings. The van der Waals surface area contributed by atoms with Crippen molar-refractivity contribution in [2.75, 3.05) is 0 Å². The minimum Gasteiger partial charge on any atom is -0.397 e. The van der Waals surface area contributed by atoms with E-state index < -0.39 is 0 Å². The third-order valence-corrected chi connectivity index (χ3v) is 1.13. The van der Waals surface area contributed by atoms with Crippen LogP contribution in [0.15, 0.2) is 35.8 Å². The van der Waals surface area contributed by atoms with Crippen LogP contribution >= 0.6 is 0 Å². The summed E-state index contributed by atoms with van der Waals surface area (Å²) in [6.07, 6.45) is 7.10. The van der Waals surface area contributed by atoms with Crippen molar-refractivity contribution in [1.29, 1.82) is 0 Å². The Bertz CT molecular complexity index is 189. The zero-order valence-electron chi connectivity index (χ0n) is 4.97. The van der Waals surface area contributed by atoms with Gasteiger partial charge in [-0.1, -0.05) is 18.2 Å². The van der Waals surface area contributed by atoms with Gasteiger partial charge in [-0.3, -0.25) is 0 Å². The second-order valence-corrected chi connectivity index (χ2v) is 1.85. The second-order valence-electron chi connectivity index (χ2n) is 1.85. The molecule has 0 heterocycles. The predicted octanol–water partition coefficient (Wildman–Crippen LogP) is 1.64. The molecule has 0 saturated heterocycles. The average molecular weight is 125 g/mol. The first-order valence-electron chi connectivity index (χ1n) is 2.78. The summed E-state index contributed by atoms with van der Waals surface area (Å²) >= 11 is 0. The van der Waals surface area contributed by atoms with Crippen molar-refractivity contribution < 1.29 is 4.39 Å². The van der Waals surface area contributed by atoms with E-state index in [0.717, 1.165) is 0 Å². The Hall–Kier alpha value is -1.05. The molecule has 2 N–H and O–H groups in total. The zero-order chi connectivity index (χ0) is 6.69. The van der Waals surface area contributed by atoms with Gasteiger partial charge in [-0.05, 0) is 6.08 Å². The number of nitrogens with two attached hydrogens (primary N) is 1. The molecule has 0 aromatic carbocycles. The summed E-state index contributed by atoms with van der Waals surface area (Å²) in [5.74, 6) is -0.250. The van der Waals surface area contributed by atoms with Gasteiger partial charge >= 0.3 is 0 Å². The number of rotatable bonds is 0. The Morgan fingerprint density at radius 3 is 3.00 bits per heavy atom. The van der Waals surface area contributed by atoms with Gasteiger partial charge in [0.2, 0.25) is 0 Å². The number of halogens is 1. The molecule has 1 nitrogen and oxygen atoms in total. The van der Waals surface area contributed by atoms with Crippen molar-refractivity contribution >= 4 is 0 Å². The van der Waals surface area contributed by atoms with Crippen LogP contribution in [0.4, 0.5) is 4.39 Å². The number of hydrogen-bond acceptors (Lipinski definition) is 1. The molecule has 0 aliphatic heterocycles. The van der Waals surface area contributed by atoms with Gasteiger partial charge in [-0.2, -0.15) is 0 Å². The van der Waals surface area contributed by atoms with Crippen molar-refractivity contribution in [2.45, 2.75) is 6.42 Å². The third kappa shape index (κ3) is 1.42. The van der Waals surface area contributed by atoms with Gasteiger partial charge in [-0.25, -0.2) is 4.39 Å². The lowest BCUT2D eigenvalue weighted by Gasteiger charge is -1.91. The maximum atomic E-state index is 12.5. The van der Waals surface area contributed by atoms with Gasteiger partial charge in [0, 0.05) is 6.42 Å². The van der Waals surface area contributed by atoms with Crippen LogP contribution in [0.3, 0.4) is 0 Å². The summed E-state index contributed by atoms with van der Waals surface area (Å²) in [4.78, 5) is 0. The van der Waals surface area contributed by atoms with Crippen molar-refractivity contribution in [3.63, 3.8) is 0 Å². The molecule has 0 amide bonds. The van der Waals surface area contributed by atoms with E-state index in [9.17, 15) is 4.39 Å². The van der Waals surface area contributed by atoms with Gasteiger partial charge in [-0.15, -0.1) is 0 Å². The highest BCUT2D eigenvalue weighted by atomic mass is 19.1. The minimum absolute atomic E-state index is 0.236. The van der Waals surface area contributed by atoms with Gasteiger partial charge in [0.1, 0.15) is 5.83 Å². The summed E-state index contributed by atoms with van der Waals surface area (Å²) in [5.41, 5.74) is 5.49. The largest absolute Gasteiger partial charge is 0.397 e. The van der Waals surface area contributed by atoms with Crippen molar-refractivity contribution in [2.24, 2.45) is 5.73 Å². The lowest BCUT2D eigenvalue weighted by Crippen LogP contribution is -1.94. The van der Waals surface area contributed by atoms with Crippen LogP contribution in [0.25, 0.3) is 0 Å². The van der Waals surface area contributed by atoms with Gasteiger partial charge in [0.15, 0.2) is 0 Å². The lowest BCUT2D eigenvalue weighted by molar-refractivity contribution is 0.608. The minimum atomic E-state index is -0.250. The van der Waals surface area contributed by atoms with E-state index in [0.29, 0.717) is 6.42 Å². The van der Waals surface area contributed by atoms with Crippen LogP contribution in [0.1, 0.15) is 6.42 Å². The predicted molar refractivity (Wildman–Crippen MR) is 35.2 cm³/mol. The van der Waals surface area contributed by atoms with Gasteiger partial charge < -0.3 is 5.73 Å². The highest BCUT2D eigenvalue weighted by Crippen LogP contribution is 2.10. The van der Waals surface area contributed by atoms with Gasteiger partial charge in [0.05, 0.1) is 5.70 Å². The molecule has 1 rings (SSSR count). The van der Waals surface area contributed by atoms with Crippen LogP contribution < -0.4 is 5.73 Å². The van der Waals surface area contributed by atoms with E-state index in [1.807, 2.05) is 0 Å². The maximum absolute atomic E-state index is 12.5. The zero-order valence-corrected chi connectivity index (χ0v) is 4.97. The SMILES string of the molecule is NC1=C(F)CC=CC=C1. The molecule has 48 valence electrons. The maximum Gasteiger partial charge on any atom is 0.126 e. The lowest BCUT2D eigenvalue weighted by atomic mass is 10.3. The molecule has 0 atom stereocenters. The molecule has 2 heteroatoms. The third-order valence-electron chi connectivity index (χ3n) is 1.13. The molecule has 0 aromatic rings. The van der Waals surface area contributed by atoms with E-state index >= 15 is 0 Å². The average Bonchev–Trinajstić information content (AvgIpc) is 1.99. The standard InChI is InChI=1S/C7H8FN/c8-6-4-2-1-3-5-7(6)9/h1-3,5H,4,9H2. The summed E-state index contributed by atoms with van der Waals surface area (Å²) < 4.78 is 12.5. The Kier molecular flexibility index (Phi) is 1.68. The molecule has 9 heavy (non-hydrogen) atoms. The van der Waals surface area contributed by atoms with E-state index in [2.05, 4.69) is 0 Å². The van der Waals surface area contributed by atoms with Crippen molar-refractivity contribution in [1.82, 2.24) is 0 Å². The Labute approximate surface area is 53.4 Å². The summed E-state index contributed by atoms with van der Waals surface area (Å²) in [7, 11) is 0. The number of allylic oxidation sites excluding steroid dienone is 5. The Morgan fingerprint density at radius 2 is 2.22 bits per heavy atom. The first kappa shape index (κ1) is 6.08. The topological polar surface area (TPSA) is 26.0 Å². The Morgan fingerprint density at radius 1 is 1.44 bits per heavy atom. The molecule has 0 unspecified atom stereocenters. The molecule has 0 spiro atoms. The van der Waals surface area contributed by atoms with E-state index in [4.69, 9.17) is 5.73 Å². The molecule has 0 radical (unpaired) electrons. The first-order chi connectivity index (χ1) is 4.30. The van der Waals surface area contributed by atoms with Crippen LogP contribution in [0, 0.1) is 0 Å². The molecule has 0 bridgehead atoms. The van der Waals surface area contributed by atoms with Crippen molar-refractivity contribution in [3.8, 4) is 0 Å². The molecular weight excluding hydrogens is 117 g/mol. The fraction of sp³-hybridized carbons (Fsp3) is 0.143. The fourth-order valence-electron chi connectivity index (χ4n) is 0.618. The van der Waals surface area contributed by atoms with Gasteiger partial charge in [0.25, 0.3) is 0 Å². The van der Waals surface area contributed by atoms with Crippen LogP contribution in [0.5, 0.6) is 0 Å². The first-order valence-corrected chi connectivity index (χ1v) is 2.78. The number of hydrogen-bond donors (Lipinski definition) is 1. The summed E-state index contributed by atoms with van der Waals surface area (Å²) in [6, 6.07) is 0. The highest BCUT2D eigenvalue weighted by Gasteiger charge is 1.97. The van der Waals surface area contributed by atoms with E-state index in [1.165, 1.54) is 0 Å². The molecule has 1 aliphatic rings. The van der Waals surface area contributed by atoms with E-state index in [-0.39, 0.29) is 11.5 Å². The van der Waals surface area contributed by atoms with Crippen molar-refractivity contribution in [3.05, 3.63) is 35.8 Å². The highest BCUT2D eigenvalue weighted by molar-refractivity contribution is 5.26.